The van der Waals surface area contributed by atoms with Gasteiger partial charge in [-0.05, 0) is 31.0 Å². The number of pyridine rings is 2. The number of rotatable bonds is 4. The minimum Gasteiger partial charge on any atom is -0.488 e. The van der Waals surface area contributed by atoms with E-state index in [1.807, 2.05) is 0 Å². The summed E-state index contributed by atoms with van der Waals surface area (Å²) < 4.78 is 5.91. The molecule has 7 heteroatoms. The van der Waals surface area contributed by atoms with Gasteiger partial charge in [0.25, 0.3) is 11.8 Å². The Kier molecular flexibility index (Phi) is 4.69. The van der Waals surface area contributed by atoms with Gasteiger partial charge < -0.3 is 15.4 Å². The topological polar surface area (TPSA) is 98.4 Å². The number of aromatic nitrogens is 2. The van der Waals surface area contributed by atoms with Gasteiger partial charge in [-0.25, -0.2) is 0 Å². The molecule has 124 valence electrons. The number of likely N-dealkylation sites (tertiary alicyclic amines) is 1. The molecule has 0 spiro atoms. The monoisotopic (exact) mass is 326 g/mol. The molecule has 0 aromatic carbocycles. The van der Waals surface area contributed by atoms with E-state index in [0.717, 1.165) is 12.8 Å². The first-order valence-electron chi connectivity index (χ1n) is 7.75. The summed E-state index contributed by atoms with van der Waals surface area (Å²) >= 11 is 0. The SMILES string of the molecule is NC(=O)c1cc(OC2CCCN(C(=O)c3ccncc3)C2)ccn1. The van der Waals surface area contributed by atoms with Crippen LogP contribution in [0.15, 0.2) is 42.9 Å². The molecule has 0 bridgehead atoms. The number of nitrogens with two attached hydrogens (primary N) is 1. The Hall–Kier alpha value is -2.96. The maximum absolute atomic E-state index is 12.5. The first-order valence-corrected chi connectivity index (χ1v) is 7.75. The number of carbonyl (C=O) groups is 2. The molecule has 2 aromatic rings. The summed E-state index contributed by atoms with van der Waals surface area (Å²) in [5.41, 5.74) is 6.00. The molecule has 2 aromatic heterocycles. The standard InChI is InChI=1S/C17H18N4O3/c18-16(22)15-10-13(5-8-20-15)24-14-2-1-9-21(11-14)17(23)12-3-6-19-7-4-12/h3-8,10,14H,1-2,9,11H2,(H2,18,22). The smallest absolute Gasteiger partial charge is 0.267 e. The van der Waals surface area contributed by atoms with Crippen LogP contribution in [-0.4, -0.2) is 45.9 Å². The molecular formula is C17H18N4O3. The fraction of sp³-hybridized carbons (Fsp3) is 0.294. The Labute approximate surface area is 139 Å². The molecule has 1 aliphatic rings. The quantitative estimate of drug-likeness (QED) is 0.912. The molecular weight excluding hydrogens is 308 g/mol. The van der Waals surface area contributed by atoms with Crippen LogP contribution in [0.25, 0.3) is 0 Å². The van der Waals surface area contributed by atoms with Crippen LogP contribution in [0, 0.1) is 0 Å². The van der Waals surface area contributed by atoms with Gasteiger partial charge in [0.15, 0.2) is 0 Å². The molecule has 1 saturated heterocycles. The number of primary amides is 1. The number of carbonyl (C=O) groups excluding carboxylic acids is 2. The fourth-order valence-electron chi connectivity index (χ4n) is 2.71. The summed E-state index contributed by atoms with van der Waals surface area (Å²) in [4.78, 5) is 33.3. The van der Waals surface area contributed by atoms with Gasteiger partial charge >= 0.3 is 0 Å². The number of nitrogens with zero attached hydrogens (tertiary/aromatic N) is 3. The predicted octanol–water partition coefficient (Wildman–Crippen LogP) is 1.26. The third-order valence-corrected chi connectivity index (χ3v) is 3.88. The first kappa shape index (κ1) is 15.9. The van der Waals surface area contributed by atoms with Gasteiger partial charge in [0, 0.05) is 36.8 Å². The van der Waals surface area contributed by atoms with E-state index in [2.05, 4.69) is 9.97 Å². The van der Waals surface area contributed by atoms with Gasteiger partial charge in [-0.2, -0.15) is 0 Å². The van der Waals surface area contributed by atoms with Gasteiger partial charge in [-0.1, -0.05) is 0 Å². The fourth-order valence-corrected chi connectivity index (χ4v) is 2.71. The molecule has 1 aliphatic heterocycles. The summed E-state index contributed by atoms with van der Waals surface area (Å²) in [7, 11) is 0. The highest BCUT2D eigenvalue weighted by Crippen LogP contribution is 2.20. The Morgan fingerprint density at radius 2 is 2.00 bits per heavy atom. The van der Waals surface area contributed by atoms with Crippen molar-refractivity contribution < 1.29 is 14.3 Å². The van der Waals surface area contributed by atoms with Crippen LogP contribution in [0.1, 0.15) is 33.7 Å². The van der Waals surface area contributed by atoms with Crippen LogP contribution in [-0.2, 0) is 0 Å². The maximum Gasteiger partial charge on any atom is 0.267 e. The molecule has 2 N–H and O–H groups in total. The van der Waals surface area contributed by atoms with Crippen LogP contribution in [0.4, 0.5) is 0 Å². The van der Waals surface area contributed by atoms with Crippen LogP contribution in [0.3, 0.4) is 0 Å². The zero-order chi connectivity index (χ0) is 16.9. The summed E-state index contributed by atoms with van der Waals surface area (Å²) in [6, 6.07) is 6.60. The number of hydrogen-bond donors (Lipinski definition) is 1. The van der Waals surface area contributed by atoms with E-state index < -0.39 is 5.91 Å². The van der Waals surface area contributed by atoms with E-state index in [1.165, 1.54) is 12.3 Å². The van der Waals surface area contributed by atoms with Crippen molar-refractivity contribution in [2.45, 2.75) is 18.9 Å². The van der Waals surface area contributed by atoms with Gasteiger partial charge in [0.1, 0.15) is 17.5 Å². The minimum absolute atomic E-state index is 0.0294. The number of ether oxygens (including phenoxy) is 1. The zero-order valence-corrected chi connectivity index (χ0v) is 13.1. The highest BCUT2D eigenvalue weighted by atomic mass is 16.5. The molecule has 3 rings (SSSR count). The molecule has 24 heavy (non-hydrogen) atoms. The zero-order valence-electron chi connectivity index (χ0n) is 13.1. The lowest BCUT2D eigenvalue weighted by Crippen LogP contribution is -2.44. The Morgan fingerprint density at radius 3 is 2.75 bits per heavy atom. The largest absolute Gasteiger partial charge is 0.488 e. The second-order valence-electron chi connectivity index (χ2n) is 5.61. The maximum atomic E-state index is 12.5. The van der Waals surface area contributed by atoms with Crippen LogP contribution < -0.4 is 10.5 Å². The number of hydrogen-bond acceptors (Lipinski definition) is 5. The predicted molar refractivity (Wildman–Crippen MR) is 86.5 cm³/mol. The summed E-state index contributed by atoms with van der Waals surface area (Å²) in [6.45, 7) is 1.19. The highest BCUT2D eigenvalue weighted by molar-refractivity contribution is 5.94. The molecule has 1 unspecified atom stereocenters. The van der Waals surface area contributed by atoms with Gasteiger partial charge in [-0.3, -0.25) is 19.6 Å². The van der Waals surface area contributed by atoms with Gasteiger partial charge in [0.05, 0.1) is 6.54 Å². The highest BCUT2D eigenvalue weighted by Gasteiger charge is 2.25. The molecule has 7 nitrogen and oxygen atoms in total. The van der Waals surface area contributed by atoms with Crippen molar-refractivity contribution in [3.63, 3.8) is 0 Å². The van der Waals surface area contributed by atoms with E-state index in [9.17, 15) is 9.59 Å². The molecule has 0 saturated carbocycles. The van der Waals surface area contributed by atoms with Gasteiger partial charge in [0.2, 0.25) is 0 Å². The molecule has 2 amide bonds. The molecule has 1 atom stereocenters. The molecule has 0 aliphatic carbocycles. The summed E-state index contributed by atoms with van der Waals surface area (Å²) in [5, 5.41) is 0. The van der Waals surface area contributed by atoms with Crippen molar-refractivity contribution in [3.8, 4) is 5.75 Å². The Bertz CT molecular complexity index is 736. The van der Waals surface area contributed by atoms with E-state index in [0.29, 0.717) is 24.4 Å². The lowest BCUT2D eigenvalue weighted by Gasteiger charge is -2.33. The second kappa shape index (κ2) is 7.08. The van der Waals surface area contributed by atoms with Crippen molar-refractivity contribution in [1.29, 1.82) is 0 Å². The van der Waals surface area contributed by atoms with Crippen molar-refractivity contribution in [3.05, 3.63) is 54.1 Å². The average Bonchev–Trinajstić information content (AvgIpc) is 2.62. The summed E-state index contributed by atoms with van der Waals surface area (Å²) in [6.07, 6.45) is 6.26. The van der Waals surface area contributed by atoms with Crippen LogP contribution in [0.5, 0.6) is 5.75 Å². The Balaban J connectivity index is 1.66. The third-order valence-electron chi connectivity index (χ3n) is 3.88. The normalized spacial score (nSPS) is 17.3. The van der Waals surface area contributed by atoms with Crippen molar-refractivity contribution in [2.75, 3.05) is 13.1 Å². The Morgan fingerprint density at radius 1 is 1.21 bits per heavy atom. The van der Waals surface area contributed by atoms with Crippen molar-refractivity contribution in [1.82, 2.24) is 14.9 Å². The van der Waals surface area contributed by atoms with Crippen molar-refractivity contribution in [2.24, 2.45) is 5.73 Å². The minimum atomic E-state index is -0.599. The third kappa shape index (κ3) is 3.68. The summed E-state index contributed by atoms with van der Waals surface area (Å²) in [5.74, 6) is -0.0983. The van der Waals surface area contributed by atoms with E-state index in [4.69, 9.17) is 10.5 Å². The second-order valence-corrected chi connectivity index (χ2v) is 5.61. The average molecular weight is 326 g/mol. The molecule has 3 heterocycles. The van der Waals surface area contributed by atoms with Crippen molar-refractivity contribution >= 4 is 11.8 Å². The van der Waals surface area contributed by atoms with Crippen LogP contribution in [0.2, 0.25) is 0 Å². The van der Waals surface area contributed by atoms with Crippen LogP contribution >= 0.6 is 0 Å². The van der Waals surface area contributed by atoms with E-state index >= 15 is 0 Å². The first-order chi connectivity index (χ1) is 11.6. The molecule has 1 fully saturated rings. The van der Waals surface area contributed by atoms with E-state index in [1.54, 1.807) is 35.5 Å². The number of amides is 2. The molecule has 0 radical (unpaired) electrons. The lowest BCUT2D eigenvalue weighted by atomic mass is 10.1. The van der Waals surface area contributed by atoms with E-state index in [-0.39, 0.29) is 17.7 Å². The number of piperidine rings is 1. The lowest BCUT2D eigenvalue weighted by molar-refractivity contribution is 0.0537. The van der Waals surface area contributed by atoms with Gasteiger partial charge in [-0.15, -0.1) is 0 Å².